The van der Waals surface area contributed by atoms with Gasteiger partial charge in [-0.25, -0.2) is 13.1 Å². The standard InChI is InChI=1S/C20H18ClNO2S2/c1-13-11-19(25-20(13)15-7-9-16(21)10-8-15)26(23,24)22-18-12-17(18)14-5-3-2-4-6-14/h2-11,17-18,22H,12H2,1H3/t17-,18+/m1/s1. The van der Waals surface area contributed by atoms with Crippen molar-refractivity contribution >= 4 is 33.0 Å². The zero-order valence-corrected chi connectivity index (χ0v) is 16.5. The highest BCUT2D eigenvalue weighted by Gasteiger charge is 2.41. The van der Waals surface area contributed by atoms with Crippen LogP contribution in [0.1, 0.15) is 23.5 Å². The molecule has 0 saturated heterocycles. The Hall–Kier alpha value is -1.66. The van der Waals surface area contributed by atoms with Crippen LogP contribution in [0, 0.1) is 6.92 Å². The van der Waals surface area contributed by atoms with Gasteiger partial charge < -0.3 is 0 Å². The predicted molar refractivity (Wildman–Crippen MR) is 107 cm³/mol. The number of hydrogen-bond donors (Lipinski definition) is 1. The summed E-state index contributed by atoms with van der Waals surface area (Å²) in [4.78, 5) is 0.956. The lowest BCUT2D eigenvalue weighted by Gasteiger charge is -2.04. The second-order valence-corrected chi connectivity index (χ2v) is 9.99. The van der Waals surface area contributed by atoms with E-state index in [0.29, 0.717) is 9.23 Å². The smallest absolute Gasteiger partial charge is 0.207 e. The van der Waals surface area contributed by atoms with Crippen LogP contribution in [-0.4, -0.2) is 14.5 Å². The first-order valence-electron chi connectivity index (χ1n) is 8.38. The van der Waals surface area contributed by atoms with Crippen molar-refractivity contribution < 1.29 is 8.42 Å². The largest absolute Gasteiger partial charge is 0.250 e. The molecule has 26 heavy (non-hydrogen) atoms. The van der Waals surface area contributed by atoms with Crippen LogP contribution in [0.15, 0.2) is 64.9 Å². The van der Waals surface area contributed by atoms with Crippen molar-refractivity contribution in [1.82, 2.24) is 4.72 Å². The molecular weight excluding hydrogens is 386 g/mol. The first kappa shape index (κ1) is 17.7. The Kier molecular flexibility index (Phi) is 4.65. The number of thiophene rings is 1. The number of halogens is 1. The Labute approximate surface area is 162 Å². The normalized spacial score (nSPS) is 19.5. The molecule has 134 valence electrons. The fourth-order valence-corrected chi connectivity index (χ4v) is 6.10. The van der Waals surface area contributed by atoms with Gasteiger partial charge in [-0.3, -0.25) is 0 Å². The van der Waals surface area contributed by atoms with Crippen molar-refractivity contribution in [1.29, 1.82) is 0 Å². The number of benzene rings is 2. The topological polar surface area (TPSA) is 46.2 Å². The van der Waals surface area contributed by atoms with Gasteiger partial charge in [0, 0.05) is 21.9 Å². The Morgan fingerprint density at radius 2 is 1.77 bits per heavy atom. The molecule has 1 fully saturated rings. The first-order valence-corrected chi connectivity index (χ1v) is 11.1. The third-order valence-electron chi connectivity index (χ3n) is 4.59. The second-order valence-electron chi connectivity index (χ2n) is 6.57. The number of aryl methyl sites for hydroxylation is 1. The SMILES string of the molecule is Cc1cc(S(=O)(=O)N[C@H]2C[C@@H]2c2ccccc2)sc1-c1ccc(Cl)cc1. The summed E-state index contributed by atoms with van der Waals surface area (Å²) in [5.41, 5.74) is 3.12. The van der Waals surface area contributed by atoms with E-state index in [9.17, 15) is 8.42 Å². The maximum Gasteiger partial charge on any atom is 0.250 e. The molecule has 0 radical (unpaired) electrons. The van der Waals surface area contributed by atoms with Gasteiger partial charge in [-0.2, -0.15) is 0 Å². The summed E-state index contributed by atoms with van der Waals surface area (Å²) in [5.74, 6) is 0.266. The van der Waals surface area contributed by atoms with Crippen LogP contribution < -0.4 is 4.72 Å². The summed E-state index contributed by atoms with van der Waals surface area (Å²) in [5, 5.41) is 0.665. The summed E-state index contributed by atoms with van der Waals surface area (Å²) < 4.78 is 28.8. The lowest BCUT2D eigenvalue weighted by molar-refractivity contribution is 0.582. The van der Waals surface area contributed by atoms with E-state index < -0.39 is 10.0 Å². The Morgan fingerprint density at radius 3 is 2.46 bits per heavy atom. The lowest BCUT2D eigenvalue weighted by Crippen LogP contribution is -2.26. The summed E-state index contributed by atoms with van der Waals surface area (Å²) in [6.07, 6.45) is 0.845. The van der Waals surface area contributed by atoms with Crippen molar-refractivity contribution in [2.24, 2.45) is 0 Å². The van der Waals surface area contributed by atoms with E-state index in [0.717, 1.165) is 22.4 Å². The van der Waals surface area contributed by atoms with Crippen LogP contribution >= 0.6 is 22.9 Å². The number of nitrogens with one attached hydrogen (secondary N) is 1. The molecule has 1 heterocycles. The van der Waals surface area contributed by atoms with E-state index >= 15 is 0 Å². The number of sulfonamides is 1. The van der Waals surface area contributed by atoms with E-state index in [2.05, 4.69) is 4.72 Å². The minimum Gasteiger partial charge on any atom is -0.207 e. The van der Waals surface area contributed by atoms with Gasteiger partial charge in [0.25, 0.3) is 0 Å². The van der Waals surface area contributed by atoms with E-state index in [4.69, 9.17) is 11.6 Å². The zero-order chi connectivity index (χ0) is 18.3. The van der Waals surface area contributed by atoms with E-state index in [1.54, 1.807) is 6.07 Å². The minimum absolute atomic E-state index is 0.0243. The highest BCUT2D eigenvalue weighted by molar-refractivity contribution is 7.91. The quantitative estimate of drug-likeness (QED) is 0.635. The van der Waals surface area contributed by atoms with Gasteiger partial charge in [0.05, 0.1) is 0 Å². The van der Waals surface area contributed by atoms with Crippen LogP contribution in [0.25, 0.3) is 10.4 Å². The molecule has 1 saturated carbocycles. The molecule has 1 aliphatic carbocycles. The fraction of sp³-hybridized carbons (Fsp3) is 0.200. The molecule has 0 bridgehead atoms. The van der Waals surface area contributed by atoms with Gasteiger partial charge in [0.15, 0.2) is 0 Å². The van der Waals surface area contributed by atoms with Crippen LogP contribution in [0.5, 0.6) is 0 Å². The van der Waals surface area contributed by atoms with Crippen molar-refractivity contribution in [3.63, 3.8) is 0 Å². The summed E-state index contributed by atoms with van der Waals surface area (Å²) in [7, 11) is -3.51. The lowest BCUT2D eigenvalue weighted by atomic mass is 10.1. The summed E-state index contributed by atoms with van der Waals surface area (Å²) in [6.45, 7) is 1.93. The molecular formula is C20H18ClNO2S2. The number of hydrogen-bond acceptors (Lipinski definition) is 3. The molecule has 0 amide bonds. The average Bonchev–Trinajstić information content (AvgIpc) is 3.26. The molecule has 3 aromatic rings. The average molecular weight is 404 g/mol. The third kappa shape index (κ3) is 3.58. The van der Waals surface area contributed by atoms with Gasteiger partial charge in [-0.15, -0.1) is 11.3 Å². The van der Waals surface area contributed by atoms with Crippen LogP contribution in [-0.2, 0) is 10.0 Å². The van der Waals surface area contributed by atoms with Gasteiger partial charge in [0.2, 0.25) is 10.0 Å². The molecule has 0 spiro atoms. The van der Waals surface area contributed by atoms with Crippen molar-refractivity contribution in [2.45, 2.75) is 29.5 Å². The number of rotatable bonds is 5. The molecule has 2 atom stereocenters. The fourth-order valence-electron chi connectivity index (χ4n) is 3.12. The zero-order valence-electron chi connectivity index (χ0n) is 14.1. The molecule has 1 aromatic heterocycles. The van der Waals surface area contributed by atoms with Crippen LogP contribution in [0.3, 0.4) is 0 Å². The van der Waals surface area contributed by atoms with Gasteiger partial charge in [-0.1, -0.05) is 54.1 Å². The molecule has 6 heteroatoms. The van der Waals surface area contributed by atoms with Crippen LogP contribution in [0.4, 0.5) is 0 Å². The van der Waals surface area contributed by atoms with Gasteiger partial charge >= 0.3 is 0 Å². The van der Waals surface area contributed by atoms with Crippen molar-refractivity contribution in [3.8, 4) is 10.4 Å². The Bertz CT molecular complexity index is 1030. The van der Waals surface area contributed by atoms with Crippen LogP contribution in [0.2, 0.25) is 5.02 Å². The molecule has 0 unspecified atom stereocenters. The van der Waals surface area contributed by atoms with E-state index in [-0.39, 0.29) is 12.0 Å². The molecule has 3 nitrogen and oxygen atoms in total. The Morgan fingerprint density at radius 1 is 1.08 bits per heavy atom. The predicted octanol–water partition coefficient (Wildman–Crippen LogP) is 5.21. The minimum atomic E-state index is -3.51. The molecule has 0 aliphatic heterocycles. The monoisotopic (exact) mass is 403 g/mol. The van der Waals surface area contributed by atoms with Gasteiger partial charge in [-0.05, 0) is 48.2 Å². The van der Waals surface area contributed by atoms with E-state index in [1.165, 1.54) is 16.9 Å². The highest BCUT2D eigenvalue weighted by Crippen LogP contribution is 2.42. The van der Waals surface area contributed by atoms with E-state index in [1.807, 2.05) is 61.5 Å². The highest BCUT2D eigenvalue weighted by atomic mass is 35.5. The summed E-state index contributed by atoms with van der Waals surface area (Å²) >= 11 is 7.24. The summed E-state index contributed by atoms with van der Waals surface area (Å²) in [6, 6.07) is 19.2. The first-order chi connectivity index (χ1) is 12.4. The van der Waals surface area contributed by atoms with Crippen molar-refractivity contribution in [2.75, 3.05) is 0 Å². The Balaban J connectivity index is 1.54. The van der Waals surface area contributed by atoms with Gasteiger partial charge in [0.1, 0.15) is 4.21 Å². The molecule has 1 N–H and O–H groups in total. The maximum absolute atomic E-state index is 12.8. The second kappa shape index (κ2) is 6.82. The molecule has 1 aliphatic rings. The maximum atomic E-state index is 12.8. The molecule has 4 rings (SSSR count). The third-order valence-corrected chi connectivity index (χ3v) is 8.09. The van der Waals surface area contributed by atoms with Crippen molar-refractivity contribution in [3.05, 3.63) is 76.8 Å². The molecule has 2 aromatic carbocycles.